The van der Waals surface area contributed by atoms with Gasteiger partial charge in [0.15, 0.2) is 0 Å². The molecule has 1 aromatic heterocycles. The summed E-state index contributed by atoms with van der Waals surface area (Å²) in [5.74, 6) is 0.800. The zero-order valence-corrected chi connectivity index (χ0v) is 34.5. The maximum Gasteiger partial charge on any atom is 0.410 e. The van der Waals surface area contributed by atoms with Crippen LogP contribution in [0.5, 0.6) is 6.01 Å². The number of carbonyl (C=O) groups is 1. The smallest absolute Gasteiger partial charge is 0.410 e. The van der Waals surface area contributed by atoms with Crippen LogP contribution in [0.3, 0.4) is 0 Å². The molecular formula is C45H57N7O8. The molecule has 1 amide bonds. The van der Waals surface area contributed by atoms with E-state index < -0.39 is 6.09 Å². The lowest BCUT2D eigenvalue weighted by Gasteiger charge is -2.42. The molecule has 3 aromatic carbocycles. The first-order chi connectivity index (χ1) is 29.5. The minimum Gasteiger partial charge on any atom is -0.462 e. The Hall–Kier alpha value is -5.08. The first-order valence-electron chi connectivity index (χ1n) is 21.0. The standard InChI is InChI=1S/C45H57N7O8/c1-49-30-38(58-27-26-57-25-24-56-23-22-55-21-20-53)28-37(49)33-59-44-47-41-31-50(42-13-7-11-35-10-5-6-12-39(35)42)17-15-40(41)43(48-44)51-18-19-52(36(29-51)14-16-46)45(54)60-32-34-8-3-2-4-9-34/h2-13,36-38,53H,14-15,17-33H2,1H3/t36-,37-,38+/m0/s1. The van der Waals surface area contributed by atoms with Crippen LogP contribution in [0.1, 0.15) is 29.7 Å². The van der Waals surface area contributed by atoms with E-state index in [4.69, 9.17) is 43.5 Å². The van der Waals surface area contributed by atoms with Crippen LogP contribution in [0.15, 0.2) is 72.8 Å². The number of piperazine rings is 1. The largest absolute Gasteiger partial charge is 0.462 e. The zero-order valence-electron chi connectivity index (χ0n) is 34.5. The van der Waals surface area contributed by atoms with Gasteiger partial charge >= 0.3 is 12.1 Å². The van der Waals surface area contributed by atoms with Crippen LogP contribution in [0.4, 0.5) is 16.3 Å². The summed E-state index contributed by atoms with van der Waals surface area (Å²) in [6.07, 6.45) is 1.34. The molecule has 0 spiro atoms. The summed E-state index contributed by atoms with van der Waals surface area (Å²) in [4.78, 5) is 32.0. The molecule has 3 aliphatic heterocycles. The topological polar surface area (TPSA) is 155 Å². The number of likely N-dealkylation sites (tertiary alicyclic amines) is 1. The number of likely N-dealkylation sites (N-methyl/N-ethyl adjacent to an activating group) is 1. The van der Waals surface area contributed by atoms with E-state index >= 15 is 0 Å². The molecule has 0 bridgehead atoms. The number of ether oxygens (including phenoxy) is 6. The van der Waals surface area contributed by atoms with E-state index in [2.05, 4.69) is 70.3 Å². The number of carbonyl (C=O) groups excluding carboxylic acids is 1. The number of hydrogen-bond donors (Lipinski definition) is 1. The second kappa shape index (κ2) is 22.0. The molecule has 0 saturated carbocycles. The van der Waals surface area contributed by atoms with Gasteiger partial charge in [0, 0.05) is 55.4 Å². The van der Waals surface area contributed by atoms with Crippen LogP contribution in [-0.2, 0) is 43.3 Å². The highest BCUT2D eigenvalue weighted by Gasteiger charge is 2.36. The Morgan fingerprint density at radius 3 is 2.38 bits per heavy atom. The molecule has 15 heteroatoms. The van der Waals surface area contributed by atoms with Gasteiger partial charge in [-0.05, 0) is 36.9 Å². The third-order valence-corrected chi connectivity index (χ3v) is 11.3. The highest BCUT2D eigenvalue weighted by atomic mass is 16.6. The molecule has 0 unspecified atom stereocenters. The minimum atomic E-state index is -0.420. The summed E-state index contributed by atoms with van der Waals surface area (Å²) in [7, 11) is 2.08. The predicted octanol–water partition coefficient (Wildman–Crippen LogP) is 4.44. The van der Waals surface area contributed by atoms with Crippen LogP contribution < -0.4 is 14.5 Å². The van der Waals surface area contributed by atoms with Crippen LogP contribution in [0, 0.1) is 11.3 Å². The van der Waals surface area contributed by atoms with Crippen LogP contribution in [0.25, 0.3) is 10.8 Å². The summed E-state index contributed by atoms with van der Waals surface area (Å²) in [5, 5.41) is 21.0. The van der Waals surface area contributed by atoms with Crippen molar-refractivity contribution in [2.45, 2.75) is 50.6 Å². The molecule has 4 heterocycles. The lowest BCUT2D eigenvalue weighted by atomic mass is 10.0. The monoisotopic (exact) mass is 823 g/mol. The number of nitriles is 1. The van der Waals surface area contributed by atoms with E-state index in [9.17, 15) is 10.1 Å². The average molecular weight is 824 g/mol. The molecule has 0 radical (unpaired) electrons. The van der Waals surface area contributed by atoms with Crippen LogP contribution in [-0.4, -0.2) is 148 Å². The third kappa shape index (κ3) is 11.4. The number of aliphatic hydroxyl groups excluding tert-OH is 1. The molecule has 1 N–H and O–H groups in total. The summed E-state index contributed by atoms with van der Waals surface area (Å²) >= 11 is 0. The maximum absolute atomic E-state index is 13.4. The summed E-state index contributed by atoms with van der Waals surface area (Å²) in [5.41, 5.74) is 4.06. The van der Waals surface area contributed by atoms with Gasteiger partial charge in [-0.2, -0.15) is 15.2 Å². The van der Waals surface area contributed by atoms with Gasteiger partial charge < -0.3 is 48.2 Å². The van der Waals surface area contributed by atoms with Crippen molar-refractivity contribution in [1.29, 1.82) is 5.26 Å². The fraction of sp³-hybridized carbons (Fsp3) is 0.511. The van der Waals surface area contributed by atoms with Gasteiger partial charge in [0.25, 0.3) is 0 Å². The van der Waals surface area contributed by atoms with Crippen molar-refractivity contribution in [2.24, 2.45) is 0 Å². The van der Waals surface area contributed by atoms with Gasteiger partial charge in [0.1, 0.15) is 19.0 Å². The second-order valence-electron chi connectivity index (χ2n) is 15.3. The van der Waals surface area contributed by atoms with Crippen LogP contribution in [0.2, 0.25) is 0 Å². The third-order valence-electron chi connectivity index (χ3n) is 11.3. The van der Waals surface area contributed by atoms with E-state index in [1.807, 2.05) is 30.3 Å². The van der Waals surface area contributed by atoms with E-state index in [0.717, 1.165) is 54.3 Å². The Kier molecular flexibility index (Phi) is 15.7. The molecule has 3 atom stereocenters. The molecule has 60 heavy (non-hydrogen) atoms. The number of anilines is 2. The SMILES string of the molecule is CN1C[C@H](OCCOCCOCCOCCO)C[C@H]1COc1nc2c(c(N3CCN(C(=O)OCc4ccccc4)[C@@H](CC#N)C3)n1)CCN(c1cccc3ccccc13)C2. The van der Waals surface area contributed by atoms with E-state index in [1.165, 1.54) is 10.8 Å². The first-order valence-corrected chi connectivity index (χ1v) is 21.0. The number of benzene rings is 3. The van der Waals surface area contributed by atoms with Gasteiger partial charge in [0.05, 0.1) is 89.7 Å². The fourth-order valence-corrected chi connectivity index (χ4v) is 8.17. The van der Waals surface area contributed by atoms with Crippen molar-refractivity contribution in [3.63, 3.8) is 0 Å². The predicted molar refractivity (Wildman–Crippen MR) is 226 cm³/mol. The fourth-order valence-electron chi connectivity index (χ4n) is 8.17. The second-order valence-corrected chi connectivity index (χ2v) is 15.3. The highest BCUT2D eigenvalue weighted by molar-refractivity contribution is 5.94. The highest BCUT2D eigenvalue weighted by Crippen LogP contribution is 2.35. The number of aromatic nitrogens is 2. The Balaban J connectivity index is 1.00. The molecule has 15 nitrogen and oxygen atoms in total. The van der Waals surface area contributed by atoms with Crippen LogP contribution >= 0.6 is 0 Å². The Morgan fingerprint density at radius 1 is 0.833 bits per heavy atom. The average Bonchev–Trinajstić information content (AvgIpc) is 3.64. The number of rotatable bonds is 20. The van der Waals surface area contributed by atoms with Crippen molar-refractivity contribution in [3.05, 3.63) is 89.6 Å². The normalized spacial score (nSPS) is 19.4. The summed E-state index contributed by atoms with van der Waals surface area (Å²) in [6.45, 7) is 7.24. The first kappa shape index (κ1) is 43.0. The Bertz CT molecular complexity index is 2010. The lowest BCUT2D eigenvalue weighted by molar-refractivity contribution is -0.0180. The molecule has 4 aromatic rings. The zero-order chi connectivity index (χ0) is 41.5. The lowest BCUT2D eigenvalue weighted by Crippen LogP contribution is -2.55. The number of fused-ring (bicyclic) bond motifs is 2. The summed E-state index contributed by atoms with van der Waals surface area (Å²) in [6, 6.07) is 26.8. The van der Waals surface area contributed by atoms with E-state index in [-0.39, 0.29) is 37.8 Å². The number of hydrogen-bond acceptors (Lipinski definition) is 14. The molecule has 0 aliphatic carbocycles. The Morgan fingerprint density at radius 2 is 1.58 bits per heavy atom. The Labute approximate surface area is 352 Å². The van der Waals surface area contributed by atoms with Crippen molar-refractivity contribution in [3.8, 4) is 12.1 Å². The van der Waals surface area contributed by atoms with Crippen molar-refractivity contribution in [2.75, 3.05) is 109 Å². The number of amides is 1. The van der Waals surface area contributed by atoms with E-state index in [1.54, 1.807) is 4.90 Å². The molecule has 7 rings (SSSR count). The van der Waals surface area contributed by atoms with Crippen molar-refractivity contribution < 1.29 is 38.3 Å². The number of nitrogens with zero attached hydrogens (tertiary/aromatic N) is 7. The van der Waals surface area contributed by atoms with E-state index in [0.29, 0.717) is 85.0 Å². The summed E-state index contributed by atoms with van der Waals surface area (Å²) < 4.78 is 34.7. The molecule has 2 fully saturated rings. The minimum absolute atomic E-state index is 0.00762. The van der Waals surface area contributed by atoms with Crippen molar-refractivity contribution >= 4 is 28.4 Å². The molecule has 320 valence electrons. The van der Waals surface area contributed by atoms with Gasteiger partial charge in [-0.1, -0.05) is 66.7 Å². The van der Waals surface area contributed by atoms with Gasteiger partial charge in [-0.15, -0.1) is 0 Å². The number of aliphatic hydroxyl groups is 1. The maximum atomic E-state index is 13.4. The van der Waals surface area contributed by atoms with Gasteiger partial charge in [-0.3, -0.25) is 4.90 Å². The quantitative estimate of drug-likeness (QED) is 0.125. The van der Waals surface area contributed by atoms with Crippen molar-refractivity contribution in [1.82, 2.24) is 19.8 Å². The molecule has 3 aliphatic rings. The molecule has 2 saturated heterocycles. The van der Waals surface area contributed by atoms with Gasteiger partial charge in [-0.25, -0.2) is 4.79 Å². The van der Waals surface area contributed by atoms with Gasteiger partial charge in [0.2, 0.25) is 0 Å². The molecular weight excluding hydrogens is 767 g/mol.